The van der Waals surface area contributed by atoms with Crippen molar-refractivity contribution in [2.45, 2.75) is 40.2 Å². The fourth-order valence-electron chi connectivity index (χ4n) is 1.09. The van der Waals surface area contributed by atoms with E-state index >= 15 is 0 Å². The number of rotatable bonds is 2. The smallest absolute Gasteiger partial charge is 0.0826 e. The van der Waals surface area contributed by atoms with E-state index in [1.54, 1.807) is 0 Å². The Morgan fingerprint density at radius 1 is 1.55 bits per heavy atom. The molecule has 0 bridgehead atoms. The normalized spacial score (nSPS) is 13.9. The van der Waals surface area contributed by atoms with Crippen LogP contribution in [-0.2, 0) is 0 Å². The molecule has 0 fully saturated rings. The first-order valence-corrected chi connectivity index (χ1v) is 4.02. The molecule has 1 unspecified atom stereocenters. The molecule has 0 spiro atoms. The first kappa shape index (κ1) is 10.5. The third kappa shape index (κ3) is 2.92. The Kier molecular flexibility index (Phi) is 3.57. The van der Waals surface area contributed by atoms with Gasteiger partial charge in [0.15, 0.2) is 0 Å². The summed E-state index contributed by atoms with van der Waals surface area (Å²) in [5.41, 5.74) is 3.70. The van der Waals surface area contributed by atoms with E-state index in [0.717, 1.165) is 12.0 Å². The average molecular weight is 154 g/mol. The summed E-state index contributed by atoms with van der Waals surface area (Å²) in [5, 5.41) is 9.51. The monoisotopic (exact) mass is 154 g/mol. The minimum atomic E-state index is -0.382. The molecule has 0 heterocycles. The van der Waals surface area contributed by atoms with Gasteiger partial charge in [-0.05, 0) is 11.8 Å². The third-order valence-electron chi connectivity index (χ3n) is 1.72. The van der Waals surface area contributed by atoms with Gasteiger partial charge in [-0.1, -0.05) is 34.3 Å². The van der Waals surface area contributed by atoms with E-state index in [9.17, 15) is 5.11 Å². The molecule has 0 saturated carbocycles. The van der Waals surface area contributed by atoms with Crippen LogP contribution in [0.15, 0.2) is 17.9 Å². The van der Waals surface area contributed by atoms with Crippen LogP contribution in [0.2, 0.25) is 0 Å². The molecule has 0 saturated heterocycles. The van der Waals surface area contributed by atoms with Crippen molar-refractivity contribution in [3.05, 3.63) is 17.9 Å². The molecule has 0 amide bonds. The van der Waals surface area contributed by atoms with Gasteiger partial charge in [0.2, 0.25) is 0 Å². The fraction of sp³-hybridized carbons (Fsp3) is 0.700. The van der Waals surface area contributed by atoms with Crippen molar-refractivity contribution in [2.75, 3.05) is 0 Å². The second-order valence-corrected chi connectivity index (χ2v) is 3.76. The molecule has 0 aliphatic rings. The lowest BCUT2D eigenvalue weighted by Crippen LogP contribution is -2.20. The molecule has 0 aliphatic heterocycles. The maximum absolute atomic E-state index is 9.51. The summed E-state index contributed by atoms with van der Waals surface area (Å²) in [6, 6.07) is 0. The van der Waals surface area contributed by atoms with Gasteiger partial charge in [-0.2, -0.15) is 0 Å². The highest BCUT2D eigenvalue weighted by atomic mass is 16.3. The van der Waals surface area contributed by atoms with Gasteiger partial charge in [-0.15, -0.1) is 5.73 Å². The summed E-state index contributed by atoms with van der Waals surface area (Å²) < 4.78 is 0. The Morgan fingerprint density at radius 2 is 2.00 bits per heavy atom. The number of aliphatic hydroxyl groups is 1. The van der Waals surface area contributed by atoms with Gasteiger partial charge < -0.3 is 5.11 Å². The molecule has 11 heavy (non-hydrogen) atoms. The van der Waals surface area contributed by atoms with Crippen LogP contribution in [0.5, 0.6) is 0 Å². The average Bonchev–Trinajstić information content (AvgIpc) is 1.86. The van der Waals surface area contributed by atoms with E-state index in [-0.39, 0.29) is 11.5 Å². The van der Waals surface area contributed by atoms with Crippen LogP contribution >= 0.6 is 0 Å². The van der Waals surface area contributed by atoms with E-state index in [4.69, 9.17) is 0 Å². The van der Waals surface area contributed by atoms with Crippen molar-refractivity contribution in [1.29, 1.82) is 0 Å². The van der Waals surface area contributed by atoms with E-state index < -0.39 is 0 Å². The molecular formula is C10H18O. The van der Waals surface area contributed by atoms with Crippen molar-refractivity contribution in [2.24, 2.45) is 5.41 Å². The van der Waals surface area contributed by atoms with Crippen LogP contribution in [0.3, 0.4) is 0 Å². The molecule has 0 radical (unpaired) electrons. The summed E-state index contributed by atoms with van der Waals surface area (Å²) in [5.74, 6) is 0. The summed E-state index contributed by atoms with van der Waals surface area (Å²) >= 11 is 0. The molecule has 1 atom stereocenters. The van der Waals surface area contributed by atoms with Crippen LogP contribution in [0.1, 0.15) is 34.1 Å². The van der Waals surface area contributed by atoms with Gasteiger partial charge in [0.1, 0.15) is 0 Å². The summed E-state index contributed by atoms with van der Waals surface area (Å²) in [7, 11) is 0. The summed E-state index contributed by atoms with van der Waals surface area (Å²) in [4.78, 5) is 0. The quantitative estimate of drug-likeness (QED) is 0.606. The van der Waals surface area contributed by atoms with Crippen LogP contribution in [0, 0.1) is 5.41 Å². The van der Waals surface area contributed by atoms with Gasteiger partial charge in [-0.25, -0.2) is 0 Å². The highest BCUT2D eigenvalue weighted by Gasteiger charge is 2.21. The highest BCUT2D eigenvalue weighted by Crippen LogP contribution is 2.27. The van der Waals surface area contributed by atoms with E-state index in [0.29, 0.717) is 0 Å². The molecule has 0 aromatic rings. The number of hydrogen-bond acceptors (Lipinski definition) is 1. The zero-order valence-electron chi connectivity index (χ0n) is 7.94. The molecule has 0 aromatic carbocycles. The van der Waals surface area contributed by atoms with E-state index in [1.165, 1.54) is 0 Å². The number of hydrogen-bond donors (Lipinski definition) is 1. The lowest BCUT2D eigenvalue weighted by molar-refractivity contribution is 0.181. The van der Waals surface area contributed by atoms with Gasteiger partial charge in [0.25, 0.3) is 0 Å². The fourth-order valence-corrected chi connectivity index (χ4v) is 1.09. The summed E-state index contributed by atoms with van der Waals surface area (Å²) in [6.07, 6.45) is 0.349. The molecule has 1 N–H and O–H groups in total. The predicted molar refractivity (Wildman–Crippen MR) is 48.4 cm³/mol. The van der Waals surface area contributed by atoms with Gasteiger partial charge >= 0.3 is 0 Å². The lowest BCUT2D eigenvalue weighted by Gasteiger charge is -2.24. The second-order valence-electron chi connectivity index (χ2n) is 3.76. The van der Waals surface area contributed by atoms with Crippen molar-refractivity contribution in [3.63, 3.8) is 0 Å². The largest absolute Gasteiger partial charge is 0.388 e. The second kappa shape index (κ2) is 3.75. The Bertz CT molecular complexity index is 168. The zero-order valence-corrected chi connectivity index (χ0v) is 7.94. The summed E-state index contributed by atoms with van der Waals surface area (Å²) in [6.45, 7) is 11.7. The predicted octanol–water partition coefficient (Wildman–Crippen LogP) is 2.51. The van der Waals surface area contributed by atoms with Gasteiger partial charge in [0.05, 0.1) is 6.10 Å². The van der Waals surface area contributed by atoms with E-state index in [2.05, 4.69) is 33.1 Å². The van der Waals surface area contributed by atoms with E-state index in [1.807, 2.05) is 6.92 Å². The minimum Gasteiger partial charge on any atom is -0.388 e. The molecule has 1 heteroatoms. The molecule has 64 valence electrons. The maximum Gasteiger partial charge on any atom is 0.0826 e. The van der Waals surface area contributed by atoms with Crippen LogP contribution in [0.25, 0.3) is 0 Å². The SMILES string of the molecule is C=C=C(C(O)CC)C(C)(C)C. The van der Waals surface area contributed by atoms with Crippen LogP contribution < -0.4 is 0 Å². The molecule has 0 aromatic heterocycles. The minimum absolute atomic E-state index is 0.0167. The highest BCUT2D eigenvalue weighted by molar-refractivity contribution is 5.13. The third-order valence-corrected chi connectivity index (χ3v) is 1.72. The standard InChI is InChI=1S/C10H18O/c1-6-8(9(11)7-2)10(3,4)5/h9,11H,1,7H2,2-5H3. The van der Waals surface area contributed by atoms with Crippen LogP contribution in [0.4, 0.5) is 0 Å². The Labute approximate surface area is 69.4 Å². The topological polar surface area (TPSA) is 20.2 Å². The first-order chi connectivity index (χ1) is 4.93. The maximum atomic E-state index is 9.51. The van der Waals surface area contributed by atoms with Crippen molar-refractivity contribution >= 4 is 0 Å². The Morgan fingerprint density at radius 3 is 2.09 bits per heavy atom. The molecule has 0 rings (SSSR count). The Hall–Kier alpha value is -0.520. The Balaban J connectivity index is 4.58. The number of aliphatic hydroxyl groups excluding tert-OH is 1. The lowest BCUT2D eigenvalue weighted by atomic mass is 9.83. The molecule has 0 aliphatic carbocycles. The van der Waals surface area contributed by atoms with Crippen molar-refractivity contribution in [3.8, 4) is 0 Å². The van der Waals surface area contributed by atoms with Gasteiger partial charge in [0, 0.05) is 5.57 Å². The van der Waals surface area contributed by atoms with Crippen LogP contribution in [-0.4, -0.2) is 11.2 Å². The molecule has 1 nitrogen and oxygen atoms in total. The van der Waals surface area contributed by atoms with Crippen molar-refractivity contribution < 1.29 is 5.11 Å². The molecular weight excluding hydrogens is 136 g/mol. The van der Waals surface area contributed by atoms with Gasteiger partial charge in [-0.3, -0.25) is 0 Å². The first-order valence-electron chi connectivity index (χ1n) is 4.02. The van der Waals surface area contributed by atoms with Crippen molar-refractivity contribution in [1.82, 2.24) is 0 Å². The zero-order chi connectivity index (χ0) is 9.07.